The maximum Gasteiger partial charge on any atom is 0.221 e. The molecule has 6 heteroatoms. The van der Waals surface area contributed by atoms with Crippen LogP contribution in [0.1, 0.15) is 0 Å². The highest BCUT2D eigenvalue weighted by Gasteiger charge is 2.11. The van der Waals surface area contributed by atoms with E-state index in [1.54, 1.807) is 26.4 Å². The number of rotatable bonds is 3. The number of benzene rings is 2. The second-order valence-electron chi connectivity index (χ2n) is 4.77. The van der Waals surface area contributed by atoms with E-state index in [-0.39, 0.29) is 5.95 Å². The Balaban J connectivity index is 2.26. The summed E-state index contributed by atoms with van der Waals surface area (Å²) in [5.41, 5.74) is 14.6. The maximum atomic E-state index is 5.98. The first kappa shape index (κ1) is 13.9. The van der Waals surface area contributed by atoms with Gasteiger partial charge >= 0.3 is 0 Å². The summed E-state index contributed by atoms with van der Waals surface area (Å²) in [5, 5.41) is 0.845. The number of hydrogen-bond donors (Lipinski definition) is 2. The Kier molecular flexibility index (Phi) is 3.42. The average molecular weight is 296 g/mol. The summed E-state index contributed by atoms with van der Waals surface area (Å²) in [7, 11) is 3.19. The van der Waals surface area contributed by atoms with Crippen LogP contribution in [0.2, 0.25) is 0 Å². The molecule has 112 valence electrons. The summed E-state index contributed by atoms with van der Waals surface area (Å²) in [6.07, 6.45) is 0. The summed E-state index contributed by atoms with van der Waals surface area (Å²) in [6.45, 7) is 0. The zero-order valence-electron chi connectivity index (χ0n) is 12.3. The van der Waals surface area contributed by atoms with E-state index in [1.807, 2.05) is 24.3 Å². The van der Waals surface area contributed by atoms with Crippen LogP contribution in [0.4, 0.5) is 11.6 Å². The van der Waals surface area contributed by atoms with Gasteiger partial charge < -0.3 is 20.9 Å². The molecule has 0 saturated carbocycles. The minimum Gasteiger partial charge on any atom is -0.497 e. The topological polar surface area (TPSA) is 96.3 Å². The fourth-order valence-electron chi connectivity index (χ4n) is 2.35. The van der Waals surface area contributed by atoms with Crippen LogP contribution in [0.5, 0.6) is 11.5 Å². The van der Waals surface area contributed by atoms with Gasteiger partial charge in [0.2, 0.25) is 5.95 Å². The third-order valence-electron chi connectivity index (χ3n) is 3.42. The van der Waals surface area contributed by atoms with Crippen molar-refractivity contribution in [1.29, 1.82) is 0 Å². The monoisotopic (exact) mass is 296 g/mol. The van der Waals surface area contributed by atoms with Crippen LogP contribution in [-0.2, 0) is 0 Å². The van der Waals surface area contributed by atoms with Gasteiger partial charge in [0, 0.05) is 10.9 Å². The lowest BCUT2D eigenvalue weighted by atomic mass is 10.1. The van der Waals surface area contributed by atoms with Crippen molar-refractivity contribution < 1.29 is 9.47 Å². The number of nitrogens with two attached hydrogens (primary N) is 2. The predicted molar refractivity (Wildman–Crippen MR) is 86.9 cm³/mol. The Morgan fingerprint density at radius 1 is 0.909 bits per heavy atom. The molecule has 0 aliphatic heterocycles. The number of aromatic nitrogens is 2. The molecule has 1 heterocycles. The van der Waals surface area contributed by atoms with Gasteiger partial charge in [-0.05, 0) is 36.4 Å². The van der Waals surface area contributed by atoms with E-state index in [1.165, 1.54) is 0 Å². The second kappa shape index (κ2) is 5.40. The van der Waals surface area contributed by atoms with Crippen LogP contribution in [0.15, 0.2) is 36.4 Å². The predicted octanol–water partition coefficient (Wildman–Crippen LogP) is 2.48. The van der Waals surface area contributed by atoms with E-state index < -0.39 is 0 Å². The summed E-state index contributed by atoms with van der Waals surface area (Å²) in [5.74, 6) is 1.55. The number of ether oxygens (including phenoxy) is 2. The molecule has 0 bridgehead atoms. The van der Waals surface area contributed by atoms with Gasteiger partial charge in [0.15, 0.2) is 0 Å². The first-order chi connectivity index (χ1) is 10.6. The van der Waals surface area contributed by atoms with Crippen LogP contribution < -0.4 is 20.9 Å². The highest BCUT2D eigenvalue weighted by molar-refractivity contribution is 5.94. The quantitative estimate of drug-likeness (QED) is 0.721. The number of fused-ring (bicyclic) bond motifs is 1. The number of nitrogen functional groups attached to an aromatic ring is 2. The molecule has 0 atom stereocenters. The molecule has 0 spiro atoms. The Labute approximate surface area is 127 Å². The first-order valence-electron chi connectivity index (χ1n) is 6.67. The van der Waals surface area contributed by atoms with Gasteiger partial charge in [-0.1, -0.05) is 0 Å². The highest BCUT2D eigenvalue weighted by Crippen LogP contribution is 2.33. The minimum absolute atomic E-state index is 0.210. The van der Waals surface area contributed by atoms with Crippen molar-refractivity contribution in [3.63, 3.8) is 0 Å². The number of methoxy groups -OCH3 is 2. The number of hydrogen-bond acceptors (Lipinski definition) is 6. The highest BCUT2D eigenvalue weighted by atomic mass is 16.5. The number of nitrogens with zero attached hydrogens (tertiary/aromatic N) is 2. The van der Waals surface area contributed by atoms with Gasteiger partial charge in [0.1, 0.15) is 11.5 Å². The molecule has 3 rings (SSSR count). The zero-order chi connectivity index (χ0) is 15.7. The molecule has 3 aromatic rings. The standard InChI is InChI=1S/C16H16N4O2/c1-21-10-4-5-13-11(8-10)15(20-16(18)19-13)9-3-6-14(22-2)12(17)7-9/h3-8H,17H2,1-2H3,(H2,18,19,20). The van der Waals surface area contributed by atoms with Crippen molar-refractivity contribution >= 4 is 22.5 Å². The average Bonchev–Trinajstić information content (AvgIpc) is 2.53. The molecule has 4 N–H and O–H groups in total. The van der Waals surface area contributed by atoms with E-state index >= 15 is 0 Å². The van der Waals surface area contributed by atoms with Crippen LogP contribution in [0.25, 0.3) is 22.2 Å². The molecule has 0 radical (unpaired) electrons. The maximum absolute atomic E-state index is 5.98. The Hall–Kier alpha value is -3.02. The Morgan fingerprint density at radius 2 is 1.73 bits per heavy atom. The van der Waals surface area contributed by atoms with Crippen LogP contribution in [0.3, 0.4) is 0 Å². The smallest absolute Gasteiger partial charge is 0.221 e. The van der Waals surface area contributed by atoms with Crippen LogP contribution >= 0.6 is 0 Å². The third kappa shape index (κ3) is 2.35. The van der Waals surface area contributed by atoms with Crippen LogP contribution in [0, 0.1) is 0 Å². The molecule has 0 saturated heterocycles. The lowest BCUT2D eigenvalue weighted by molar-refractivity contribution is 0.415. The molecule has 22 heavy (non-hydrogen) atoms. The largest absolute Gasteiger partial charge is 0.497 e. The SMILES string of the molecule is COc1ccc2nc(N)nc(-c3ccc(OC)c(N)c3)c2c1. The third-order valence-corrected chi connectivity index (χ3v) is 3.42. The summed E-state index contributed by atoms with van der Waals surface area (Å²) in [6, 6.07) is 11.1. The molecule has 6 nitrogen and oxygen atoms in total. The van der Waals surface area contributed by atoms with E-state index in [9.17, 15) is 0 Å². The molecule has 0 aliphatic carbocycles. The second-order valence-corrected chi connectivity index (χ2v) is 4.77. The van der Waals surface area contributed by atoms with Gasteiger partial charge in [0.25, 0.3) is 0 Å². The van der Waals surface area contributed by atoms with Crippen molar-refractivity contribution in [2.75, 3.05) is 25.7 Å². The fraction of sp³-hybridized carbons (Fsp3) is 0.125. The minimum atomic E-state index is 0.210. The molecule has 0 amide bonds. The van der Waals surface area contributed by atoms with E-state index in [4.69, 9.17) is 20.9 Å². The normalized spacial score (nSPS) is 10.6. The van der Waals surface area contributed by atoms with Crippen LogP contribution in [-0.4, -0.2) is 24.2 Å². The van der Waals surface area contributed by atoms with Gasteiger partial charge in [0.05, 0.1) is 31.1 Å². The van der Waals surface area contributed by atoms with Gasteiger partial charge in [-0.2, -0.15) is 0 Å². The molecular weight excluding hydrogens is 280 g/mol. The molecule has 0 fully saturated rings. The van der Waals surface area contributed by atoms with Crippen molar-refractivity contribution in [3.05, 3.63) is 36.4 Å². The van der Waals surface area contributed by atoms with Gasteiger partial charge in [-0.3, -0.25) is 0 Å². The Morgan fingerprint density at radius 3 is 2.41 bits per heavy atom. The number of anilines is 2. The molecule has 0 unspecified atom stereocenters. The summed E-state index contributed by atoms with van der Waals surface area (Å²) >= 11 is 0. The first-order valence-corrected chi connectivity index (χ1v) is 6.67. The van der Waals surface area contributed by atoms with Crippen molar-refractivity contribution in [2.24, 2.45) is 0 Å². The molecular formula is C16H16N4O2. The lowest BCUT2D eigenvalue weighted by Crippen LogP contribution is -1.99. The zero-order valence-corrected chi connectivity index (χ0v) is 12.3. The molecule has 1 aromatic heterocycles. The van der Waals surface area contributed by atoms with Crippen molar-refractivity contribution in [3.8, 4) is 22.8 Å². The summed E-state index contributed by atoms with van der Waals surface area (Å²) < 4.78 is 10.5. The summed E-state index contributed by atoms with van der Waals surface area (Å²) in [4.78, 5) is 8.61. The molecule has 2 aromatic carbocycles. The fourth-order valence-corrected chi connectivity index (χ4v) is 2.35. The van der Waals surface area contributed by atoms with Crippen molar-refractivity contribution in [2.45, 2.75) is 0 Å². The van der Waals surface area contributed by atoms with Gasteiger partial charge in [-0.25, -0.2) is 9.97 Å². The Bertz CT molecular complexity index is 849. The van der Waals surface area contributed by atoms with E-state index in [0.717, 1.165) is 22.2 Å². The van der Waals surface area contributed by atoms with Crippen molar-refractivity contribution in [1.82, 2.24) is 9.97 Å². The van der Waals surface area contributed by atoms with E-state index in [0.29, 0.717) is 17.1 Å². The van der Waals surface area contributed by atoms with E-state index in [2.05, 4.69) is 9.97 Å². The van der Waals surface area contributed by atoms with Gasteiger partial charge in [-0.15, -0.1) is 0 Å². The lowest BCUT2D eigenvalue weighted by Gasteiger charge is -2.10. The molecule has 0 aliphatic rings.